The lowest BCUT2D eigenvalue weighted by Crippen LogP contribution is -2.42. The maximum Gasteiger partial charge on any atom is 0.500 e. The van der Waals surface area contributed by atoms with Crippen LogP contribution in [-0.4, -0.2) is 165 Å². The molecule has 0 spiro atoms. The van der Waals surface area contributed by atoms with Gasteiger partial charge < -0.3 is 84.8 Å². The molecule has 0 radical (unpaired) electrons. The van der Waals surface area contributed by atoms with Crippen LogP contribution in [0.3, 0.4) is 0 Å². The summed E-state index contributed by atoms with van der Waals surface area (Å²) in [4.78, 5) is 115. The zero-order valence-electron chi connectivity index (χ0n) is 76.4. The Hall–Kier alpha value is -6.32. The van der Waals surface area contributed by atoms with Crippen LogP contribution in [0.2, 0.25) is 12.1 Å². The van der Waals surface area contributed by atoms with E-state index in [2.05, 4.69) is 33.0 Å². The number of carboxylic acid groups (broad SMARTS) is 2. The van der Waals surface area contributed by atoms with Crippen LogP contribution in [0.1, 0.15) is 300 Å². The highest BCUT2D eigenvalue weighted by atomic mass is 32.2. The third-order valence-corrected chi connectivity index (χ3v) is 27.3. The van der Waals surface area contributed by atoms with Crippen LogP contribution >= 0.6 is 11.8 Å². The summed E-state index contributed by atoms with van der Waals surface area (Å²) in [7, 11) is 4.38. The summed E-state index contributed by atoms with van der Waals surface area (Å²) in [6.07, 6.45) is 15.9. The highest BCUT2D eigenvalue weighted by molar-refractivity contribution is 8.12. The highest BCUT2D eigenvalue weighted by Crippen LogP contribution is 2.28. The molecular formula is C87H153NO25SSi2-2. The molecular weight excluding hydrogens is 1550 g/mol. The third-order valence-electron chi connectivity index (χ3n) is 20.7. The number of unbranched alkanes of at least 4 members (excludes halogenated alkanes) is 2. The Kier molecular flexibility index (Phi) is 62.8. The molecule has 0 saturated carbocycles. The summed E-state index contributed by atoms with van der Waals surface area (Å²) in [5.41, 5.74) is -0.843. The van der Waals surface area contributed by atoms with E-state index in [4.69, 9.17) is 59.7 Å². The van der Waals surface area contributed by atoms with E-state index in [1.807, 2.05) is 125 Å². The summed E-state index contributed by atoms with van der Waals surface area (Å²) < 4.78 is 68.4. The average Bonchev–Trinajstić information content (AvgIpc) is 0.879. The van der Waals surface area contributed by atoms with Crippen LogP contribution in [0.5, 0.6) is 0 Å². The summed E-state index contributed by atoms with van der Waals surface area (Å²) in [5.74, 6) is -2.36. The van der Waals surface area contributed by atoms with Crippen molar-refractivity contribution in [3.63, 3.8) is 0 Å². The zero-order chi connectivity index (χ0) is 90.0. The first kappa shape index (κ1) is 116. The second-order valence-corrected chi connectivity index (χ2v) is 39.2. The first-order valence-corrected chi connectivity index (χ1v) is 46.1. The molecule has 672 valence electrons. The van der Waals surface area contributed by atoms with Crippen LogP contribution in [0.4, 0.5) is 4.79 Å². The number of carbonyl (C=O) groups excluding carboxylic acids is 10. The van der Waals surface area contributed by atoms with Gasteiger partial charge in [-0.25, -0.2) is 0 Å². The van der Waals surface area contributed by atoms with Crippen molar-refractivity contribution in [3.05, 3.63) is 70.8 Å². The van der Waals surface area contributed by atoms with Crippen molar-refractivity contribution in [1.82, 2.24) is 5.32 Å². The summed E-state index contributed by atoms with van der Waals surface area (Å²) in [6.45, 7) is 45.7. The number of benzene rings is 2. The van der Waals surface area contributed by atoms with Gasteiger partial charge in [0.2, 0.25) is 0 Å². The molecule has 0 heterocycles. The molecule has 0 aromatic heterocycles. The Bertz CT molecular complexity index is 2840. The minimum atomic E-state index is -2.53. The molecule has 0 bridgehead atoms. The number of ether oxygens (including phenoxy) is 7. The van der Waals surface area contributed by atoms with Crippen LogP contribution in [0, 0.1) is 44.3 Å². The van der Waals surface area contributed by atoms with E-state index < -0.39 is 57.2 Å². The van der Waals surface area contributed by atoms with Crippen LogP contribution in [-0.2, 0) is 106 Å². The van der Waals surface area contributed by atoms with Gasteiger partial charge in [0.1, 0.15) is 13.2 Å². The molecule has 26 nitrogen and oxygen atoms in total. The quantitative estimate of drug-likeness (QED) is 0.0278. The van der Waals surface area contributed by atoms with Gasteiger partial charge in [0.15, 0.2) is 0 Å². The fourth-order valence-electron chi connectivity index (χ4n) is 8.83. The SMILES string of the molecule is CCC(C)(C)C(=O)OCCCC(=O)OCc1ccc(C(=O)[O-])cc1.CCC(C)(C)C(=O)OCCC[Si](OC)(OC)OC.CCC(C)(C)C(=O)OCCC[Si](OC)(OC)OC.CCC(C)(C)C(=O)OCCNC(=O)SCc1ccc(C(=O)[O-])cc1.CCCCC(CC)COC(=O)C(C)(C)CC.CCCCC(CC)COC(=O)C(C)(C)CC. The van der Waals surface area contributed by atoms with Crippen molar-refractivity contribution < 1.29 is 118 Å². The number of carboxylic acids is 2. The summed E-state index contributed by atoms with van der Waals surface area (Å²) >= 11 is 1.06. The van der Waals surface area contributed by atoms with Crippen molar-refractivity contribution in [2.24, 2.45) is 44.3 Å². The largest absolute Gasteiger partial charge is 0.545 e. The van der Waals surface area contributed by atoms with Crippen LogP contribution in [0.25, 0.3) is 0 Å². The second kappa shape index (κ2) is 62.8. The molecule has 2 aromatic rings. The van der Waals surface area contributed by atoms with Gasteiger partial charge in [0.25, 0.3) is 5.24 Å². The fraction of sp³-hybridized carbons (Fsp3) is 0.747. The molecule has 0 aliphatic carbocycles. The lowest BCUT2D eigenvalue weighted by Gasteiger charge is -2.24. The standard InChI is InChI=1S/C18H24O6.C17H23NO5S.2C14H28O2.2C12H26O5Si/c1-4-18(2,3)17(22)23-11-5-6-15(19)24-12-13-7-9-14(10-8-13)16(20)21;1-4-17(2,3)15(21)23-10-9-18-16(22)24-11-12-5-7-13(8-6-12)14(19)20;2*1-6-9-10-12(7-2)11-16-13(15)14(4,5)8-3;2*1-7-12(2,3)11(13)17-9-8-10-18(14-4,15-5)16-6/h7-10H,4-6,11-12H2,1-3H3,(H,20,21);5-8H,4,9-11H2,1-3H3,(H,18,22)(H,19,20);2*12H,6-11H2,1-5H3;2*7-10H2,1-6H3/p-2. The van der Waals surface area contributed by atoms with E-state index in [0.29, 0.717) is 93.8 Å². The summed E-state index contributed by atoms with van der Waals surface area (Å²) in [6, 6.07) is 13.4. The van der Waals surface area contributed by atoms with Gasteiger partial charge in [-0.15, -0.1) is 0 Å². The molecule has 0 aliphatic rings. The van der Waals surface area contributed by atoms with Crippen molar-refractivity contribution in [3.8, 4) is 0 Å². The topological polar surface area (TPSA) is 349 Å². The number of thioether (sulfide) groups is 1. The van der Waals surface area contributed by atoms with Gasteiger partial charge in [-0.05, 0) is 188 Å². The molecule has 1 N–H and O–H groups in total. The van der Waals surface area contributed by atoms with E-state index in [-0.39, 0.29) is 95.8 Å². The molecule has 1 amide bonds. The number of amides is 1. The van der Waals surface area contributed by atoms with Gasteiger partial charge in [-0.3, -0.25) is 38.4 Å². The maximum absolute atomic E-state index is 11.8. The molecule has 29 heteroatoms. The normalized spacial score (nSPS) is 12.2. The number of aromatic carboxylic acids is 2. The Morgan fingerprint density at radius 1 is 0.379 bits per heavy atom. The van der Waals surface area contributed by atoms with E-state index in [1.165, 1.54) is 62.8 Å². The van der Waals surface area contributed by atoms with E-state index in [0.717, 1.165) is 55.9 Å². The number of hydrogen-bond acceptors (Lipinski definition) is 26. The minimum Gasteiger partial charge on any atom is -0.545 e. The number of carbonyl (C=O) groups is 10. The molecule has 0 fully saturated rings. The summed E-state index contributed by atoms with van der Waals surface area (Å²) in [5, 5.41) is 23.7. The van der Waals surface area contributed by atoms with Gasteiger partial charge >= 0.3 is 59.4 Å². The van der Waals surface area contributed by atoms with Crippen molar-refractivity contribution in [1.29, 1.82) is 0 Å². The average molecular weight is 1700 g/mol. The van der Waals surface area contributed by atoms with Gasteiger partial charge in [0, 0.05) is 66.9 Å². The van der Waals surface area contributed by atoms with Crippen molar-refractivity contribution in [2.45, 2.75) is 292 Å². The first-order chi connectivity index (χ1) is 54.2. The van der Waals surface area contributed by atoms with Gasteiger partial charge in [-0.2, -0.15) is 0 Å². The molecule has 2 unspecified atom stereocenters. The minimum absolute atomic E-state index is 0.0510. The Morgan fingerprint density at radius 3 is 0.940 bits per heavy atom. The molecule has 116 heavy (non-hydrogen) atoms. The Morgan fingerprint density at radius 2 is 0.664 bits per heavy atom. The maximum atomic E-state index is 11.8. The fourth-order valence-corrected chi connectivity index (χ4v) is 12.9. The zero-order valence-corrected chi connectivity index (χ0v) is 79.2. The Labute approximate surface area is 704 Å². The van der Waals surface area contributed by atoms with Crippen molar-refractivity contribution in [2.75, 3.05) is 88.8 Å². The number of esters is 7. The van der Waals surface area contributed by atoms with E-state index >= 15 is 0 Å². The second-order valence-electron chi connectivity index (χ2n) is 32.0. The predicted molar refractivity (Wildman–Crippen MR) is 454 cm³/mol. The highest BCUT2D eigenvalue weighted by Gasteiger charge is 2.39. The smallest absolute Gasteiger partial charge is 0.500 e. The predicted octanol–water partition coefficient (Wildman–Crippen LogP) is 16.7. The lowest BCUT2D eigenvalue weighted by atomic mass is 9.90. The Balaban J connectivity index is -0.000000654. The van der Waals surface area contributed by atoms with E-state index in [9.17, 15) is 58.2 Å². The van der Waals surface area contributed by atoms with Crippen LogP contribution < -0.4 is 15.5 Å². The number of nitrogens with one attached hydrogen (secondary N) is 1. The third kappa shape index (κ3) is 50.6. The van der Waals surface area contributed by atoms with Gasteiger partial charge in [0.05, 0.1) is 84.0 Å². The van der Waals surface area contributed by atoms with Crippen molar-refractivity contribution >= 4 is 88.3 Å². The monoisotopic (exact) mass is 1700 g/mol. The lowest BCUT2D eigenvalue weighted by molar-refractivity contribution is -0.256. The molecule has 0 aliphatic heterocycles. The molecule has 0 saturated heterocycles. The van der Waals surface area contributed by atoms with E-state index in [1.54, 1.807) is 66.9 Å². The molecule has 2 aromatic carbocycles. The number of hydrogen-bond donors (Lipinski definition) is 1. The van der Waals surface area contributed by atoms with Crippen LogP contribution in [0.15, 0.2) is 48.5 Å². The first-order valence-electron chi connectivity index (χ1n) is 41.2. The van der Waals surface area contributed by atoms with Gasteiger partial charge in [-0.1, -0.05) is 168 Å². The number of rotatable bonds is 51. The molecule has 2 rings (SSSR count). The molecule has 2 atom stereocenters.